The molecule has 0 amide bonds. The second-order valence-corrected chi connectivity index (χ2v) is 17.4. The van der Waals surface area contributed by atoms with Crippen LogP contribution in [0.2, 0.25) is 0 Å². The highest BCUT2D eigenvalue weighted by Crippen LogP contribution is 2.56. The Morgan fingerprint density at radius 2 is 0.810 bits per heavy atom. The smallest absolute Gasteiger partial charge is 0.164 e. The van der Waals surface area contributed by atoms with Crippen molar-refractivity contribution in [3.8, 4) is 56.4 Å². The molecule has 0 saturated carbocycles. The molecule has 0 bridgehead atoms. The van der Waals surface area contributed by atoms with Crippen LogP contribution in [0.3, 0.4) is 0 Å². The number of furan rings is 1. The largest absolute Gasteiger partial charge is 0.456 e. The van der Waals surface area contributed by atoms with E-state index in [0.29, 0.717) is 17.5 Å². The van der Waals surface area contributed by atoms with Crippen LogP contribution in [0.15, 0.2) is 217 Å². The molecule has 12 aromatic rings. The van der Waals surface area contributed by atoms with Crippen molar-refractivity contribution in [2.75, 3.05) is 0 Å². The minimum atomic E-state index is -0.533. The third-order valence-electron chi connectivity index (χ3n) is 12.8. The molecular weight excluding hydrogens is 787 g/mol. The van der Waals surface area contributed by atoms with Crippen molar-refractivity contribution >= 4 is 53.4 Å². The number of fused-ring (bicyclic) bond motifs is 9. The summed E-state index contributed by atoms with van der Waals surface area (Å²) in [5.74, 6) is 1.97. The zero-order chi connectivity index (χ0) is 41.5. The van der Waals surface area contributed by atoms with Gasteiger partial charge in [-0.3, -0.25) is 0 Å². The molecule has 3 aromatic heterocycles. The van der Waals surface area contributed by atoms with E-state index in [2.05, 4.69) is 146 Å². The van der Waals surface area contributed by atoms with E-state index in [1.165, 1.54) is 64.7 Å². The van der Waals surface area contributed by atoms with E-state index in [4.69, 9.17) is 19.4 Å². The minimum absolute atomic E-state index is 0.533. The number of thiophene rings is 1. The SMILES string of the molecule is c1ccc(-c2nc(-c3ccccc3)nc(-c3ccc4c(c3)sc3cc(-c5ccc(C6(c7ccc8c(c7)oc7ccccc78)c7ccccc7-c7ccccc76)cc5)ccc34)n2)cc1. The summed E-state index contributed by atoms with van der Waals surface area (Å²) in [4.78, 5) is 14.9. The number of benzene rings is 9. The van der Waals surface area contributed by atoms with Gasteiger partial charge < -0.3 is 4.42 Å². The van der Waals surface area contributed by atoms with Crippen molar-refractivity contribution < 1.29 is 4.42 Å². The molecule has 63 heavy (non-hydrogen) atoms. The van der Waals surface area contributed by atoms with Gasteiger partial charge in [-0.15, -0.1) is 11.3 Å². The maximum Gasteiger partial charge on any atom is 0.164 e. The highest BCUT2D eigenvalue weighted by atomic mass is 32.1. The molecule has 294 valence electrons. The highest BCUT2D eigenvalue weighted by molar-refractivity contribution is 7.25. The van der Waals surface area contributed by atoms with Crippen LogP contribution >= 0.6 is 11.3 Å². The Hall–Kier alpha value is -7.99. The number of hydrogen-bond acceptors (Lipinski definition) is 5. The van der Waals surface area contributed by atoms with E-state index in [-0.39, 0.29) is 0 Å². The third-order valence-corrected chi connectivity index (χ3v) is 14.0. The van der Waals surface area contributed by atoms with Gasteiger partial charge in [-0.05, 0) is 68.8 Å². The second-order valence-electron chi connectivity index (χ2n) is 16.3. The van der Waals surface area contributed by atoms with Crippen molar-refractivity contribution in [3.05, 3.63) is 235 Å². The van der Waals surface area contributed by atoms with Crippen LogP contribution < -0.4 is 0 Å². The average Bonchev–Trinajstić information content (AvgIpc) is 4.02. The van der Waals surface area contributed by atoms with Crippen LogP contribution in [0.5, 0.6) is 0 Å². The zero-order valence-electron chi connectivity index (χ0n) is 33.9. The Morgan fingerprint density at radius 1 is 0.333 bits per heavy atom. The fourth-order valence-corrected chi connectivity index (χ4v) is 11.1. The lowest BCUT2D eigenvalue weighted by Gasteiger charge is -2.34. The summed E-state index contributed by atoms with van der Waals surface area (Å²) in [5.41, 5.74) is 14.0. The third kappa shape index (κ3) is 5.57. The number of para-hydroxylation sites is 1. The van der Waals surface area contributed by atoms with E-state index in [0.717, 1.165) is 38.6 Å². The first-order chi connectivity index (χ1) is 31.2. The predicted molar refractivity (Wildman–Crippen MR) is 259 cm³/mol. The molecule has 1 aliphatic carbocycles. The van der Waals surface area contributed by atoms with Gasteiger partial charge in [0, 0.05) is 47.6 Å². The van der Waals surface area contributed by atoms with E-state index < -0.39 is 5.41 Å². The molecule has 0 atom stereocenters. The van der Waals surface area contributed by atoms with Crippen molar-refractivity contribution in [1.29, 1.82) is 0 Å². The van der Waals surface area contributed by atoms with E-state index >= 15 is 0 Å². The molecule has 4 nitrogen and oxygen atoms in total. The first kappa shape index (κ1) is 35.7. The Morgan fingerprint density at radius 3 is 1.46 bits per heavy atom. The molecule has 0 saturated heterocycles. The van der Waals surface area contributed by atoms with E-state index in [1.54, 1.807) is 0 Å². The average molecular weight is 822 g/mol. The molecular formula is C58H35N3OS. The van der Waals surface area contributed by atoms with Crippen LogP contribution in [0.1, 0.15) is 22.3 Å². The molecule has 0 fully saturated rings. The lowest BCUT2D eigenvalue weighted by atomic mass is 9.67. The summed E-state index contributed by atoms with van der Waals surface area (Å²) in [6.45, 7) is 0. The van der Waals surface area contributed by atoms with Gasteiger partial charge in [0.2, 0.25) is 0 Å². The summed E-state index contributed by atoms with van der Waals surface area (Å²) in [6, 6.07) is 75.9. The van der Waals surface area contributed by atoms with Gasteiger partial charge in [0.1, 0.15) is 11.2 Å². The molecule has 0 aliphatic heterocycles. The molecule has 0 radical (unpaired) electrons. The van der Waals surface area contributed by atoms with Crippen molar-refractivity contribution in [2.24, 2.45) is 0 Å². The lowest BCUT2D eigenvalue weighted by Crippen LogP contribution is -2.28. The summed E-state index contributed by atoms with van der Waals surface area (Å²) in [5, 5.41) is 4.74. The monoisotopic (exact) mass is 821 g/mol. The van der Waals surface area contributed by atoms with Gasteiger partial charge in [-0.1, -0.05) is 188 Å². The van der Waals surface area contributed by atoms with Gasteiger partial charge in [-0.25, -0.2) is 15.0 Å². The summed E-state index contributed by atoms with van der Waals surface area (Å²) in [6.07, 6.45) is 0. The lowest BCUT2D eigenvalue weighted by molar-refractivity contribution is 0.665. The van der Waals surface area contributed by atoms with Crippen molar-refractivity contribution in [3.63, 3.8) is 0 Å². The molecule has 3 heterocycles. The first-order valence-corrected chi connectivity index (χ1v) is 22.1. The number of aromatic nitrogens is 3. The van der Waals surface area contributed by atoms with Gasteiger partial charge >= 0.3 is 0 Å². The fourth-order valence-electron chi connectivity index (χ4n) is 9.93. The summed E-state index contributed by atoms with van der Waals surface area (Å²) in [7, 11) is 0. The van der Waals surface area contributed by atoms with Crippen LogP contribution in [0, 0.1) is 0 Å². The van der Waals surface area contributed by atoms with Gasteiger partial charge in [0.15, 0.2) is 17.5 Å². The van der Waals surface area contributed by atoms with Crippen molar-refractivity contribution in [2.45, 2.75) is 5.41 Å². The second kappa shape index (κ2) is 14.0. The maximum absolute atomic E-state index is 6.51. The fraction of sp³-hybridized carbons (Fsp3) is 0.0172. The Balaban J connectivity index is 0.904. The predicted octanol–water partition coefficient (Wildman–Crippen LogP) is 15.2. The quantitative estimate of drug-likeness (QED) is 0.168. The van der Waals surface area contributed by atoms with Crippen LogP contribution in [0.25, 0.3) is 98.5 Å². The maximum atomic E-state index is 6.51. The normalized spacial score (nSPS) is 12.9. The van der Waals surface area contributed by atoms with E-state index in [1.807, 2.05) is 78.1 Å². The van der Waals surface area contributed by atoms with Gasteiger partial charge in [-0.2, -0.15) is 0 Å². The Labute approximate surface area is 367 Å². The summed E-state index contributed by atoms with van der Waals surface area (Å²) < 4.78 is 8.94. The molecule has 13 rings (SSSR count). The molecule has 9 aromatic carbocycles. The van der Waals surface area contributed by atoms with Gasteiger partial charge in [0.05, 0.1) is 5.41 Å². The van der Waals surface area contributed by atoms with Crippen molar-refractivity contribution in [1.82, 2.24) is 15.0 Å². The Bertz CT molecular complexity index is 3640. The Kier molecular flexibility index (Phi) is 7.96. The number of hydrogen-bond donors (Lipinski definition) is 0. The highest BCUT2D eigenvalue weighted by Gasteiger charge is 2.46. The molecule has 5 heteroatoms. The topological polar surface area (TPSA) is 51.8 Å². The first-order valence-electron chi connectivity index (χ1n) is 21.2. The molecule has 0 unspecified atom stereocenters. The van der Waals surface area contributed by atoms with Crippen LogP contribution in [0.4, 0.5) is 0 Å². The zero-order valence-corrected chi connectivity index (χ0v) is 34.7. The molecule has 1 aliphatic rings. The molecule has 0 spiro atoms. The number of rotatable bonds is 6. The molecule has 0 N–H and O–H groups in total. The van der Waals surface area contributed by atoms with E-state index in [9.17, 15) is 0 Å². The standard InChI is InChI=1S/C58H35N3OS/c1-3-13-37(14-4-1)55-59-56(38-15-5-2-6-16-38)61-57(60-55)40-26-31-48-47-30-25-39(33-53(47)63-54(48)34-40)36-23-27-41(28-24-36)58(49-20-10-7-17-43(49)44-18-8-11-21-50(44)58)42-29-32-46-45-19-9-12-22-51(45)62-52(46)35-42/h1-35H. The van der Waals surface area contributed by atoms with Crippen LogP contribution in [-0.4, -0.2) is 15.0 Å². The minimum Gasteiger partial charge on any atom is -0.456 e. The van der Waals surface area contributed by atoms with Gasteiger partial charge in [0.25, 0.3) is 0 Å². The van der Waals surface area contributed by atoms with Crippen LogP contribution in [-0.2, 0) is 5.41 Å². The summed E-state index contributed by atoms with van der Waals surface area (Å²) >= 11 is 1.81. The number of nitrogens with zero attached hydrogens (tertiary/aromatic N) is 3.